The summed E-state index contributed by atoms with van der Waals surface area (Å²) < 4.78 is 22.7. The van der Waals surface area contributed by atoms with E-state index in [1.807, 2.05) is 12.1 Å². The molecule has 94 valence electrons. The Morgan fingerprint density at radius 3 is 2.24 bits per heavy atom. The molecular formula is C12H17NO3S. The minimum Gasteiger partial charge on any atom is -0.508 e. The van der Waals surface area contributed by atoms with Gasteiger partial charge in [-0.3, -0.25) is 4.90 Å². The average Bonchev–Trinajstić information content (AvgIpc) is 2.29. The molecule has 4 nitrogen and oxygen atoms in total. The van der Waals surface area contributed by atoms with Gasteiger partial charge in [0.2, 0.25) is 0 Å². The third kappa shape index (κ3) is 2.98. The molecule has 0 aromatic heterocycles. The van der Waals surface area contributed by atoms with Crippen LogP contribution < -0.4 is 0 Å². The maximum Gasteiger partial charge on any atom is 0.152 e. The molecule has 1 saturated heterocycles. The highest BCUT2D eigenvalue weighted by molar-refractivity contribution is 7.91. The summed E-state index contributed by atoms with van der Waals surface area (Å²) in [4.78, 5) is 2.16. The van der Waals surface area contributed by atoms with Gasteiger partial charge in [0.15, 0.2) is 9.84 Å². The molecule has 0 spiro atoms. The van der Waals surface area contributed by atoms with Crippen molar-refractivity contribution in [3.05, 3.63) is 29.8 Å². The highest BCUT2D eigenvalue weighted by atomic mass is 32.2. The van der Waals surface area contributed by atoms with E-state index in [-0.39, 0.29) is 23.3 Å². The Labute approximate surface area is 102 Å². The minimum absolute atomic E-state index is 0.186. The highest BCUT2D eigenvalue weighted by Gasteiger charge is 2.25. The third-order valence-corrected chi connectivity index (χ3v) is 4.91. The van der Waals surface area contributed by atoms with Gasteiger partial charge < -0.3 is 5.11 Å². The smallest absolute Gasteiger partial charge is 0.152 e. The van der Waals surface area contributed by atoms with Crippen molar-refractivity contribution in [1.82, 2.24) is 4.90 Å². The van der Waals surface area contributed by atoms with Gasteiger partial charge >= 0.3 is 0 Å². The normalized spacial score (nSPS) is 22.2. The maximum atomic E-state index is 11.3. The minimum atomic E-state index is -2.82. The molecule has 2 rings (SSSR count). The van der Waals surface area contributed by atoms with E-state index in [0.717, 1.165) is 5.56 Å². The van der Waals surface area contributed by atoms with Gasteiger partial charge in [0.25, 0.3) is 0 Å². The molecule has 1 fully saturated rings. The van der Waals surface area contributed by atoms with Crippen LogP contribution in [0.15, 0.2) is 24.3 Å². The molecule has 1 N–H and O–H groups in total. The van der Waals surface area contributed by atoms with E-state index in [1.54, 1.807) is 12.1 Å². The van der Waals surface area contributed by atoms with Gasteiger partial charge in [-0.2, -0.15) is 0 Å². The molecule has 1 unspecified atom stereocenters. The lowest BCUT2D eigenvalue weighted by Gasteiger charge is -2.32. The van der Waals surface area contributed by atoms with Gasteiger partial charge in [0, 0.05) is 19.1 Å². The SMILES string of the molecule is CC(c1ccc(O)cc1)N1CCS(=O)(=O)CC1. The van der Waals surface area contributed by atoms with E-state index in [1.165, 1.54) is 0 Å². The quantitative estimate of drug-likeness (QED) is 0.862. The van der Waals surface area contributed by atoms with Crippen LogP contribution in [0.1, 0.15) is 18.5 Å². The summed E-state index contributed by atoms with van der Waals surface area (Å²) in [5.74, 6) is 0.743. The maximum absolute atomic E-state index is 11.3. The van der Waals surface area contributed by atoms with Gasteiger partial charge in [-0.25, -0.2) is 8.42 Å². The van der Waals surface area contributed by atoms with Crippen LogP contribution in [0.5, 0.6) is 5.75 Å². The molecule has 0 radical (unpaired) electrons. The van der Waals surface area contributed by atoms with Crippen LogP contribution in [0.3, 0.4) is 0 Å². The summed E-state index contributed by atoms with van der Waals surface area (Å²) in [5, 5.41) is 9.22. The molecule has 1 aromatic rings. The second-order valence-electron chi connectivity index (χ2n) is 4.46. The number of nitrogens with zero attached hydrogens (tertiary/aromatic N) is 1. The fourth-order valence-corrected chi connectivity index (χ4v) is 3.31. The number of benzene rings is 1. The second kappa shape index (κ2) is 4.66. The lowest BCUT2D eigenvalue weighted by molar-refractivity contribution is 0.228. The van der Waals surface area contributed by atoms with E-state index in [9.17, 15) is 13.5 Å². The molecule has 0 saturated carbocycles. The topological polar surface area (TPSA) is 57.6 Å². The summed E-state index contributed by atoms with van der Waals surface area (Å²) in [6.45, 7) is 3.24. The number of hydrogen-bond acceptors (Lipinski definition) is 4. The van der Waals surface area contributed by atoms with Crippen molar-refractivity contribution in [3.8, 4) is 5.75 Å². The van der Waals surface area contributed by atoms with E-state index in [2.05, 4.69) is 11.8 Å². The van der Waals surface area contributed by atoms with Crippen LogP contribution in [0, 0.1) is 0 Å². The standard InChI is InChI=1S/C12H17NO3S/c1-10(11-2-4-12(14)5-3-11)13-6-8-17(15,16)9-7-13/h2-5,10,14H,6-9H2,1H3. The molecule has 17 heavy (non-hydrogen) atoms. The average molecular weight is 255 g/mol. The first kappa shape index (κ1) is 12.4. The van der Waals surface area contributed by atoms with Crippen molar-refractivity contribution in [2.24, 2.45) is 0 Å². The van der Waals surface area contributed by atoms with Gasteiger partial charge in [-0.05, 0) is 24.6 Å². The van der Waals surface area contributed by atoms with Gasteiger partial charge in [0.1, 0.15) is 5.75 Å². The monoisotopic (exact) mass is 255 g/mol. The number of rotatable bonds is 2. The van der Waals surface area contributed by atoms with Crippen molar-refractivity contribution < 1.29 is 13.5 Å². The lowest BCUT2D eigenvalue weighted by atomic mass is 10.1. The molecule has 1 aliphatic heterocycles. The Hall–Kier alpha value is -1.07. The number of phenolic OH excluding ortho intramolecular Hbond substituents is 1. The van der Waals surface area contributed by atoms with Crippen LogP contribution in [-0.2, 0) is 9.84 Å². The van der Waals surface area contributed by atoms with Crippen LogP contribution in [0.25, 0.3) is 0 Å². The van der Waals surface area contributed by atoms with E-state index in [4.69, 9.17) is 0 Å². The number of aromatic hydroxyl groups is 1. The second-order valence-corrected chi connectivity index (χ2v) is 6.76. The van der Waals surface area contributed by atoms with E-state index >= 15 is 0 Å². The zero-order valence-electron chi connectivity index (χ0n) is 9.83. The fourth-order valence-electron chi connectivity index (χ4n) is 2.08. The molecule has 1 aromatic carbocycles. The van der Waals surface area contributed by atoms with Crippen LogP contribution in [0.4, 0.5) is 0 Å². The van der Waals surface area contributed by atoms with E-state index in [0.29, 0.717) is 13.1 Å². The van der Waals surface area contributed by atoms with Gasteiger partial charge in [-0.15, -0.1) is 0 Å². The first-order chi connectivity index (χ1) is 7.98. The molecular weight excluding hydrogens is 238 g/mol. The van der Waals surface area contributed by atoms with Crippen LogP contribution in [-0.4, -0.2) is 43.0 Å². The van der Waals surface area contributed by atoms with Gasteiger partial charge in [-0.1, -0.05) is 12.1 Å². The zero-order valence-corrected chi connectivity index (χ0v) is 10.7. The molecule has 0 bridgehead atoms. The lowest BCUT2D eigenvalue weighted by Crippen LogP contribution is -2.41. The fraction of sp³-hybridized carbons (Fsp3) is 0.500. The predicted octanol–water partition coefficient (Wildman–Crippen LogP) is 1.18. The summed E-state index contributed by atoms with van der Waals surface area (Å²) in [7, 11) is -2.82. The summed E-state index contributed by atoms with van der Waals surface area (Å²) >= 11 is 0. The van der Waals surface area contributed by atoms with Crippen LogP contribution in [0.2, 0.25) is 0 Å². The van der Waals surface area contributed by atoms with Crippen molar-refractivity contribution in [2.75, 3.05) is 24.6 Å². The van der Waals surface area contributed by atoms with Gasteiger partial charge in [0.05, 0.1) is 11.5 Å². The number of phenols is 1. The number of sulfone groups is 1. The number of hydrogen-bond donors (Lipinski definition) is 1. The van der Waals surface area contributed by atoms with Crippen molar-refractivity contribution >= 4 is 9.84 Å². The Kier molecular flexibility index (Phi) is 3.40. The largest absolute Gasteiger partial charge is 0.508 e. The predicted molar refractivity (Wildman–Crippen MR) is 66.7 cm³/mol. The first-order valence-corrected chi connectivity index (χ1v) is 7.53. The summed E-state index contributed by atoms with van der Waals surface area (Å²) in [6, 6.07) is 7.26. The Balaban J connectivity index is 2.06. The van der Waals surface area contributed by atoms with Crippen molar-refractivity contribution in [3.63, 3.8) is 0 Å². The van der Waals surface area contributed by atoms with E-state index < -0.39 is 9.84 Å². The van der Waals surface area contributed by atoms with Crippen molar-refractivity contribution in [1.29, 1.82) is 0 Å². The molecule has 1 heterocycles. The molecule has 0 aliphatic carbocycles. The highest BCUT2D eigenvalue weighted by Crippen LogP contribution is 2.23. The summed E-state index contributed by atoms with van der Waals surface area (Å²) in [5.41, 5.74) is 1.10. The molecule has 0 amide bonds. The summed E-state index contributed by atoms with van der Waals surface area (Å²) in [6.07, 6.45) is 0. The Bertz CT molecular complexity index is 467. The molecule has 1 aliphatic rings. The zero-order chi connectivity index (χ0) is 12.5. The van der Waals surface area contributed by atoms with Crippen LogP contribution >= 0.6 is 0 Å². The third-order valence-electron chi connectivity index (χ3n) is 3.30. The first-order valence-electron chi connectivity index (χ1n) is 5.71. The van der Waals surface area contributed by atoms with Crippen molar-refractivity contribution in [2.45, 2.75) is 13.0 Å². The Morgan fingerprint density at radius 2 is 1.71 bits per heavy atom. The Morgan fingerprint density at radius 1 is 1.18 bits per heavy atom. The molecule has 1 atom stereocenters. The molecule has 5 heteroatoms.